The number of aromatic nitrogens is 2. The van der Waals surface area contributed by atoms with E-state index in [0.29, 0.717) is 6.61 Å². The van der Waals surface area contributed by atoms with Crippen LogP contribution in [0, 0.1) is 6.92 Å². The van der Waals surface area contributed by atoms with Crippen molar-refractivity contribution >= 4 is 15.9 Å². The monoisotopic (exact) mass is 280 g/mol. The number of hydrogen-bond donors (Lipinski definition) is 0. The van der Waals surface area contributed by atoms with Crippen LogP contribution in [0.2, 0.25) is 0 Å². The van der Waals surface area contributed by atoms with Gasteiger partial charge in [-0.25, -0.2) is 0 Å². The first-order valence-electron chi connectivity index (χ1n) is 5.03. The van der Waals surface area contributed by atoms with E-state index in [1.165, 1.54) is 0 Å². The summed E-state index contributed by atoms with van der Waals surface area (Å²) in [6.07, 6.45) is 0. The van der Waals surface area contributed by atoms with Crippen LogP contribution in [0.25, 0.3) is 0 Å². The number of para-hydroxylation sites is 1. The van der Waals surface area contributed by atoms with Gasteiger partial charge >= 0.3 is 0 Å². The summed E-state index contributed by atoms with van der Waals surface area (Å²) >= 11 is 3.44. The molecule has 0 aliphatic rings. The molecule has 0 saturated heterocycles. The zero-order valence-corrected chi connectivity index (χ0v) is 10.9. The van der Waals surface area contributed by atoms with E-state index in [1.807, 2.05) is 49.0 Å². The van der Waals surface area contributed by atoms with Crippen molar-refractivity contribution < 1.29 is 4.74 Å². The van der Waals surface area contributed by atoms with E-state index in [1.54, 1.807) is 0 Å². The number of benzene rings is 1. The molecule has 0 bridgehead atoms. The summed E-state index contributed by atoms with van der Waals surface area (Å²) in [4.78, 5) is 0. The summed E-state index contributed by atoms with van der Waals surface area (Å²) in [5.74, 6) is 0.839. The van der Waals surface area contributed by atoms with Gasteiger partial charge in [-0.2, -0.15) is 5.10 Å². The molecule has 0 atom stereocenters. The molecule has 0 unspecified atom stereocenters. The van der Waals surface area contributed by atoms with Crippen LogP contribution < -0.4 is 4.74 Å². The number of nitrogens with zero attached hydrogens (tertiary/aromatic N) is 2. The van der Waals surface area contributed by atoms with E-state index in [0.717, 1.165) is 21.6 Å². The molecule has 3 nitrogen and oxygen atoms in total. The second kappa shape index (κ2) is 4.70. The molecule has 1 aromatic carbocycles. The molecule has 84 valence electrons. The Bertz CT molecular complexity index is 474. The minimum atomic E-state index is 0.490. The molecule has 0 radical (unpaired) electrons. The number of ether oxygens (including phenoxy) is 1. The molecular formula is C12H13BrN2O. The predicted molar refractivity (Wildman–Crippen MR) is 66.4 cm³/mol. The quantitative estimate of drug-likeness (QED) is 0.864. The van der Waals surface area contributed by atoms with Crippen molar-refractivity contribution in [1.29, 1.82) is 0 Å². The lowest BCUT2D eigenvalue weighted by molar-refractivity contribution is 0.298. The highest BCUT2D eigenvalue weighted by atomic mass is 79.9. The molecule has 16 heavy (non-hydrogen) atoms. The van der Waals surface area contributed by atoms with Crippen molar-refractivity contribution in [2.45, 2.75) is 13.5 Å². The molecule has 0 spiro atoms. The van der Waals surface area contributed by atoms with E-state index in [9.17, 15) is 0 Å². The number of aryl methyl sites for hydroxylation is 2. The zero-order valence-electron chi connectivity index (χ0n) is 9.27. The average Bonchev–Trinajstić information content (AvgIpc) is 2.57. The Labute approximate surface area is 103 Å². The predicted octanol–water partition coefficient (Wildman–Crippen LogP) is 3.07. The lowest BCUT2D eigenvalue weighted by Crippen LogP contribution is -1.98. The van der Waals surface area contributed by atoms with Gasteiger partial charge in [0.25, 0.3) is 0 Å². The number of hydrogen-bond acceptors (Lipinski definition) is 2. The van der Waals surface area contributed by atoms with Crippen LogP contribution in [0.1, 0.15) is 11.4 Å². The lowest BCUT2D eigenvalue weighted by Gasteiger charge is -2.05. The van der Waals surface area contributed by atoms with Crippen molar-refractivity contribution in [3.05, 3.63) is 46.2 Å². The third-order valence-corrected chi connectivity index (χ3v) is 3.03. The first-order valence-corrected chi connectivity index (χ1v) is 5.83. The number of rotatable bonds is 3. The standard InChI is InChI=1S/C12H13BrN2O/c1-9-7-10(14-15(9)2)8-16-12-6-4-3-5-11(12)13/h3-7H,8H2,1-2H3. The van der Waals surface area contributed by atoms with Gasteiger partial charge in [0.1, 0.15) is 18.1 Å². The molecular weight excluding hydrogens is 268 g/mol. The summed E-state index contributed by atoms with van der Waals surface area (Å²) in [6, 6.07) is 9.82. The van der Waals surface area contributed by atoms with Gasteiger partial charge in [-0.15, -0.1) is 0 Å². The average molecular weight is 281 g/mol. The summed E-state index contributed by atoms with van der Waals surface area (Å²) in [5.41, 5.74) is 2.07. The summed E-state index contributed by atoms with van der Waals surface area (Å²) in [7, 11) is 1.93. The zero-order chi connectivity index (χ0) is 11.5. The SMILES string of the molecule is Cc1cc(COc2ccccc2Br)nn1C. The van der Waals surface area contributed by atoms with Gasteiger partial charge < -0.3 is 4.74 Å². The molecule has 0 fully saturated rings. The largest absolute Gasteiger partial charge is 0.486 e. The van der Waals surface area contributed by atoms with Crippen LogP contribution in [0.3, 0.4) is 0 Å². The van der Waals surface area contributed by atoms with Gasteiger partial charge in [0.2, 0.25) is 0 Å². The lowest BCUT2D eigenvalue weighted by atomic mass is 10.3. The van der Waals surface area contributed by atoms with Crippen LogP contribution in [0.5, 0.6) is 5.75 Å². The second-order valence-corrected chi connectivity index (χ2v) is 4.47. The Kier molecular flexibility index (Phi) is 3.29. The van der Waals surface area contributed by atoms with Crippen LogP contribution in [0.4, 0.5) is 0 Å². The molecule has 1 aromatic heterocycles. The van der Waals surface area contributed by atoms with E-state index in [2.05, 4.69) is 21.0 Å². The Morgan fingerprint density at radius 1 is 1.38 bits per heavy atom. The van der Waals surface area contributed by atoms with Crippen molar-refractivity contribution in [2.75, 3.05) is 0 Å². The highest BCUT2D eigenvalue weighted by Gasteiger charge is 2.03. The Morgan fingerprint density at radius 2 is 2.12 bits per heavy atom. The minimum absolute atomic E-state index is 0.490. The van der Waals surface area contributed by atoms with E-state index in [4.69, 9.17) is 4.74 Å². The van der Waals surface area contributed by atoms with Gasteiger partial charge in [0, 0.05) is 12.7 Å². The molecule has 2 rings (SSSR count). The van der Waals surface area contributed by atoms with Crippen LogP contribution in [0.15, 0.2) is 34.8 Å². The number of halogens is 1. The van der Waals surface area contributed by atoms with Gasteiger partial charge in [-0.05, 0) is 41.1 Å². The fraction of sp³-hybridized carbons (Fsp3) is 0.250. The maximum Gasteiger partial charge on any atom is 0.134 e. The first kappa shape index (κ1) is 11.2. The summed E-state index contributed by atoms with van der Waals surface area (Å²) in [5, 5.41) is 4.33. The second-order valence-electron chi connectivity index (χ2n) is 3.62. The fourth-order valence-corrected chi connectivity index (χ4v) is 1.82. The van der Waals surface area contributed by atoms with Gasteiger partial charge in [-0.3, -0.25) is 4.68 Å². The molecule has 0 aliphatic carbocycles. The van der Waals surface area contributed by atoms with Crippen molar-refractivity contribution in [3.63, 3.8) is 0 Å². The van der Waals surface area contributed by atoms with Gasteiger partial charge in [0.15, 0.2) is 0 Å². The van der Waals surface area contributed by atoms with E-state index < -0.39 is 0 Å². The molecule has 4 heteroatoms. The minimum Gasteiger partial charge on any atom is -0.486 e. The van der Waals surface area contributed by atoms with Crippen LogP contribution >= 0.6 is 15.9 Å². The van der Waals surface area contributed by atoms with Crippen molar-refractivity contribution in [2.24, 2.45) is 7.05 Å². The summed E-state index contributed by atoms with van der Waals surface area (Å²) in [6.45, 7) is 2.51. The Hall–Kier alpha value is -1.29. The molecule has 0 amide bonds. The van der Waals surface area contributed by atoms with Crippen LogP contribution in [-0.4, -0.2) is 9.78 Å². The molecule has 1 heterocycles. The topological polar surface area (TPSA) is 27.1 Å². The Morgan fingerprint density at radius 3 is 2.75 bits per heavy atom. The van der Waals surface area contributed by atoms with Gasteiger partial charge in [-0.1, -0.05) is 12.1 Å². The first-order chi connectivity index (χ1) is 7.66. The molecule has 0 N–H and O–H groups in total. The molecule has 0 aliphatic heterocycles. The highest BCUT2D eigenvalue weighted by molar-refractivity contribution is 9.10. The molecule has 2 aromatic rings. The fourth-order valence-electron chi connectivity index (χ4n) is 1.42. The highest BCUT2D eigenvalue weighted by Crippen LogP contribution is 2.24. The third-order valence-electron chi connectivity index (χ3n) is 2.38. The molecule has 0 saturated carbocycles. The van der Waals surface area contributed by atoms with Crippen LogP contribution in [-0.2, 0) is 13.7 Å². The van der Waals surface area contributed by atoms with E-state index >= 15 is 0 Å². The normalized spacial score (nSPS) is 10.4. The van der Waals surface area contributed by atoms with Crippen molar-refractivity contribution in [1.82, 2.24) is 9.78 Å². The van der Waals surface area contributed by atoms with Crippen molar-refractivity contribution in [3.8, 4) is 5.75 Å². The maximum atomic E-state index is 5.67. The smallest absolute Gasteiger partial charge is 0.134 e. The Balaban J connectivity index is 2.05. The summed E-state index contributed by atoms with van der Waals surface area (Å²) < 4.78 is 8.48. The van der Waals surface area contributed by atoms with E-state index in [-0.39, 0.29) is 0 Å². The maximum absolute atomic E-state index is 5.67. The third kappa shape index (κ3) is 2.44. The van der Waals surface area contributed by atoms with Gasteiger partial charge in [0.05, 0.1) is 4.47 Å².